The fourth-order valence-electron chi connectivity index (χ4n) is 2.91. The number of nitrogens with zero attached hydrogens (tertiary/aromatic N) is 5. The lowest BCUT2D eigenvalue weighted by Gasteiger charge is -2.23. The van der Waals surface area contributed by atoms with E-state index in [0.717, 1.165) is 38.6 Å². The zero-order chi connectivity index (χ0) is 15.4. The first kappa shape index (κ1) is 15.0. The van der Waals surface area contributed by atoms with E-state index >= 15 is 0 Å². The van der Waals surface area contributed by atoms with Gasteiger partial charge in [0.05, 0.1) is 25.5 Å². The molecular weight excluding hydrogens is 278 g/mol. The lowest BCUT2D eigenvalue weighted by Crippen LogP contribution is -2.31. The van der Waals surface area contributed by atoms with E-state index in [4.69, 9.17) is 4.74 Å². The average molecular weight is 301 g/mol. The highest BCUT2D eigenvalue weighted by Gasteiger charge is 2.23. The molecule has 0 radical (unpaired) electrons. The van der Waals surface area contributed by atoms with Gasteiger partial charge in [0.2, 0.25) is 0 Å². The number of hydrogen-bond acceptors (Lipinski definition) is 4. The molecule has 1 aliphatic heterocycles. The molecule has 0 aromatic carbocycles. The highest BCUT2D eigenvalue weighted by Crippen LogP contribution is 2.18. The van der Waals surface area contributed by atoms with E-state index in [1.807, 2.05) is 25.6 Å². The largest absolute Gasteiger partial charge is 0.377 e. The maximum Gasteiger partial charge on any atom is 0.122 e. The molecular formula is C16H23N5O. The number of aryl methyl sites for hydroxylation is 1. The van der Waals surface area contributed by atoms with Gasteiger partial charge in [0, 0.05) is 51.2 Å². The van der Waals surface area contributed by atoms with Crippen molar-refractivity contribution in [3.63, 3.8) is 0 Å². The lowest BCUT2D eigenvalue weighted by atomic mass is 10.1. The van der Waals surface area contributed by atoms with E-state index in [2.05, 4.69) is 36.9 Å². The molecule has 0 N–H and O–H groups in total. The minimum atomic E-state index is 0.418. The third-order valence-corrected chi connectivity index (χ3v) is 4.01. The zero-order valence-corrected chi connectivity index (χ0v) is 13.1. The second-order valence-corrected chi connectivity index (χ2v) is 5.82. The van der Waals surface area contributed by atoms with Crippen LogP contribution in [0.4, 0.5) is 0 Å². The molecule has 1 atom stereocenters. The zero-order valence-electron chi connectivity index (χ0n) is 13.1. The van der Waals surface area contributed by atoms with Crippen molar-refractivity contribution in [2.45, 2.75) is 19.6 Å². The van der Waals surface area contributed by atoms with E-state index in [-0.39, 0.29) is 0 Å². The Morgan fingerprint density at radius 1 is 1.41 bits per heavy atom. The highest BCUT2D eigenvalue weighted by atomic mass is 16.5. The van der Waals surface area contributed by atoms with Crippen LogP contribution in [0.1, 0.15) is 11.5 Å². The number of ether oxygens (including phenoxy) is 1. The van der Waals surface area contributed by atoms with Crippen LogP contribution >= 0.6 is 0 Å². The van der Waals surface area contributed by atoms with Crippen molar-refractivity contribution in [1.82, 2.24) is 24.2 Å². The summed E-state index contributed by atoms with van der Waals surface area (Å²) in [5.74, 6) is 1.50. The van der Waals surface area contributed by atoms with Gasteiger partial charge in [-0.2, -0.15) is 5.10 Å². The molecule has 0 saturated carbocycles. The van der Waals surface area contributed by atoms with Crippen LogP contribution in [0.15, 0.2) is 37.3 Å². The van der Waals surface area contributed by atoms with Crippen LogP contribution in [-0.4, -0.2) is 44.0 Å². The van der Waals surface area contributed by atoms with Gasteiger partial charge >= 0.3 is 0 Å². The van der Waals surface area contributed by atoms with Crippen LogP contribution in [0.3, 0.4) is 0 Å². The summed E-state index contributed by atoms with van der Waals surface area (Å²) in [5.41, 5.74) is 1.25. The van der Waals surface area contributed by atoms with Crippen LogP contribution < -0.4 is 0 Å². The number of hydrogen-bond donors (Lipinski definition) is 0. The molecule has 0 amide bonds. The summed E-state index contributed by atoms with van der Waals surface area (Å²) in [6.07, 6.45) is 7.51. The number of rotatable bonds is 6. The highest BCUT2D eigenvalue weighted by molar-refractivity contribution is 5.03. The Labute approximate surface area is 131 Å². The molecule has 6 heteroatoms. The summed E-state index contributed by atoms with van der Waals surface area (Å²) < 4.78 is 9.84. The number of fused-ring (bicyclic) bond motifs is 1. The van der Waals surface area contributed by atoms with E-state index in [1.54, 1.807) is 6.08 Å². The van der Waals surface area contributed by atoms with Gasteiger partial charge in [-0.3, -0.25) is 9.58 Å². The Kier molecular flexibility index (Phi) is 4.70. The van der Waals surface area contributed by atoms with Crippen LogP contribution in [0.2, 0.25) is 0 Å². The fourth-order valence-corrected chi connectivity index (χ4v) is 2.91. The topological polar surface area (TPSA) is 48.1 Å². The van der Waals surface area contributed by atoms with Crippen molar-refractivity contribution >= 4 is 0 Å². The van der Waals surface area contributed by atoms with Crippen LogP contribution in [0.5, 0.6) is 0 Å². The Morgan fingerprint density at radius 2 is 2.32 bits per heavy atom. The molecule has 0 fully saturated rings. The molecule has 2 aromatic heterocycles. The third kappa shape index (κ3) is 3.45. The number of aromatic nitrogens is 4. The molecule has 22 heavy (non-hydrogen) atoms. The first-order chi connectivity index (χ1) is 10.8. The van der Waals surface area contributed by atoms with E-state index in [9.17, 15) is 0 Å². The van der Waals surface area contributed by atoms with Gasteiger partial charge in [0.25, 0.3) is 0 Å². The lowest BCUT2D eigenvalue weighted by molar-refractivity contribution is 0.0924. The molecule has 2 aromatic rings. The van der Waals surface area contributed by atoms with E-state index in [0.29, 0.717) is 12.5 Å². The fraction of sp³-hybridized carbons (Fsp3) is 0.500. The monoisotopic (exact) mass is 301 g/mol. The normalized spacial score (nSPS) is 18.9. The maximum atomic E-state index is 5.67. The smallest absolute Gasteiger partial charge is 0.122 e. The van der Waals surface area contributed by atoms with Gasteiger partial charge in [-0.05, 0) is 6.07 Å². The Morgan fingerprint density at radius 3 is 3.09 bits per heavy atom. The third-order valence-electron chi connectivity index (χ3n) is 4.01. The van der Waals surface area contributed by atoms with E-state index in [1.165, 1.54) is 5.69 Å². The van der Waals surface area contributed by atoms with Crippen molar-refractivity contribution in [3.8, 4) is 0 Å². The predicted octanol–water partition coefficient (Wildman–Crippen LogP) is 1.45. The average Bonchev–Trinajstić information content (AvgIpc) is 3.05. The molecule has 0 bridgehead atoms. The summed E-state index contributed by atoms with van der Waals surface area (Å²) in [6, 6.07) is 2.10. The summed E-state index contributed by atoms with van der Waals surface area (Å²) in [4.78, 5) is 6.86. The molecule has 0 spiro atoms. The van der Waals surface area contributed by atoms with Crippen molar-refractivity contribution in [2.75, 3.05) is 19.8 Å². The van der Waals surface area contributed by atoms with Crippen LogP contribution in [0, 0.1) is 5.92 Å². The minimum absolute atomic E-state index is 0.418. The summed E-state index contributed by atoms with van der Waals surface area (Å²) in [5, 5.41) is 4.44. The second-order valence-electron chi connectivity index (χ2n) is 5.82. The van der Waals surface area contributed by atoms with Crippen LogP contribution in [-0.2, 0) is 31.4 Å². The molecule has 6 nitrogen and oxygen atoms in total. The summed E-state index contributed by atoms with van der Waals surface area (Å²) >= 11 is 0. The molecule has 0 saturated heterocycles. The van der Waals surface area contributed by atoms with Gasteiger partial charge in [0.1, 0.15) is 5.82 Å². The molecule has 0 aliphatic carbocycles. The van der Waals surface area contributed by atoms with Gasteiger partial charge in [-0.1, -0.05) is 6.08 Å². The van der Waals surface area contributed by atoms with E-state index < -0.39 is 0 Å². The van der Waals surface area contributed by atoms with Crippen LogP contribution in [0.25, 0.3) is 0 Å². The van der Waals surface area contributed by atoms with Crippen molar-refractivity contribution in [2.24, 2.45) is 13.0 Å². The molecule has 0 unspecified atom stereocenters. The maximum absolute atomic E-state index is 5.67. The SMILES string of the molecule is C=CCOC[C@H]1CN(Cc2nccn2C)Cc2ccnn2C1. The first-order valence-corrected chi connectivity index (χ1v) is 7.64. The van der Waals surface area contributed by atoms with Gasteiger partial charge in [-0.15, -0.1) is 6.58 Å². The predicted molar refractivity (Wildman–Crippen MR) is 84.1 cm³/mol. The Bertz CT molecular complexity index is 618. The van der Waals surface area contributed by atoms with Gasteiger partial charge < -0.3 is 9.30 Å². The minimum Gasteiger partial charge on any atom is -0.377 e. The quantitative estimate of drug-likeness (QED) is 0.598. The summed E-state index contributed by atoms with van der Waals surface area (Å²) in [7, 11) is 2.04. The van der Waals surface area contributed by atoms with Crippen molar-refractivity contribution in [1.29, 1.82) is 0 Å². The second kappa shape index (κ2) is 6.89. The molecule has 118 valence electrons. The molecule has 3 rings (SSSR count). The van der Waals surface area contributed by atoms with Gasteiger partial charge in [-0.25, -0.2) is 4.98 Å². The Hall–Kier alpha value is -1.92. The Balaban J connectivity index is 1.72. The molecule has 1 aliphatic rings. The number of imidazole rings is 1. The summed E-state index contributed by atoms with van der Waals surface area (Å²) in [6.45, 7) is 8.64. The van der Waals surface area contributed by atoms with Gasteiger partial charge in [0.15, 0.2) is 0 Å². The van der Waals surface area contributed by atoms with Crippen molar-refractivity contribution in [3.05, 3.63) is 48.8 Å². The molecule has 3 heterocycles. The van der Waals surface area contributed by atoms with Crippen molar-refractivity contribution < 1.29 is 4.74 Å². The standard InChI is InChI=1S/C16H23N5O/c1-3-8-22-13-14-9-20(12-16-17-6-7-19(16)2)11-15-4-5-18-21(15)10-14/h3-7,14H,1,8-13H2,2H3/t14-/m0/s1. The first-order valence-electron chi connectivity index (χ1n) is 7.64.